The normalized spacial score (nSPS) is 18.8. The van der Waals surface area contributed by atoms with Crippen LogP contribution in [0.15, 0.2) is 24.3 Å². The molecule has 0 radical (unpaired) electrons. The number of rotatable bonds is 67. The number of unbranched alkanes of at least 4 members (excludes halogenated alkanes) is 51. The van der Waals surface area contributed by atoms with Gasteiger partial charge in [0.25, 0.3) is 0 Å². The molecule has 1 heterocycles. The van der Waals surface area contributed by atoms with Gasteiger partial charge in [-0.15, -0.1) is 0 Å². The van der Waals surface area contributed by atoms with Crippen LogP contribution in [0.4, 0.5) is 0 Å². The number of carbonyl (C=O) groups is 1. The lowest BCUT2D eigenvalue weighted by Gasteiger charge is -2.40. The van der Waals surface area contributed by atoms with Crippen molar-refractivity contribution in [1.29, 1.82) is 0 Å². The van der Waals surface area contributed by atoms with E-state index < -0.39 is 74.2 Å². The van der Waals surface area contributed by atoms with Crippen molar-refractivity contribution in [3.05, 3.63) is 24.3 Å². The quantitative estimate of drug-likeness (QED) is 0.0215. The van der Waals surface area contributed by atoms with Crippen LogP contribution >= 0.6 is 0 Å². The summed E-state index contributed by atoms with van der Waals surface area (Å²) in [4.78, 5) is 13.3. The van der Waals surface area contributed by atoms with Gasteiger partial charge in [0, 0.05) is 0 Å². The van der Waals surface area contributed by atoms with Gasteiger partial charge in [-0.1, -0.05) is 340 Å². The summed E-state index contributed by atoms with van der Waals surface area (Å²) < 4.78 is 11.2. The minimum atomic E-state index is -1.67. The molecular formula is C75H145NO10. The highest BCUT2D eigenvalue weighted by Crippen LogP contribution is 2.24. The molecule has 510 valence electrons. The van der Waals surface area contributed by atoms with Crippen LogP contribution in [0.25, 0.3) is 0 Å². The number of aliphatic hydroxyl groups excluding tert-OH is 7. The highest BCUT2D eigenvalue weighted by molar-refractivity contribution is 5.80. The average Bonchev–Trinajstić information content (AvgIpc) is 2.54. The van der Waals surface area contributed by atoms with Crippen molar-refractivity contribution >= 4 is 5.91 Å². The molecule has 86 heavy (non-hydrogen) atoms. The van der Waals surface area contributed by atoms with Gasteiger partial charge in [-0.25, -0.2) is 0 Å². The van der Waals surface area contributed by atoms with E-state index in [4.69, 9.17) is 9.47 Å². The van der Waals surface area contributed by atoms with Crippen LogP contribution in [0.2, 0.25) is 0 Å². The molecule has 9 atom stereocenters. The lowest BCUT2D eigenvalue weighted by Crippen LogP contribution is -2.60. The third-order valence-electron chi connectivity index (χ3n) is 18.5. The molecule has 1 saturated heterocycles. The summed E-state index contributed by atoms with van der Waals surface area (Å²) in [7, 11) is 0. The SMILES string of the molecule is CCCCCCCCCCCCCCCCCC/C=C\CCCCCCCCCCCCCCCCCCC(O)C(=O)NC(COC1OC(CO)C(O)C(O)C1O)C(O)C(O)CCC/C=C/CCCCCCCCCCCCCCCCCCCC. The van der Waals surface area contributed by atoms with Crippen LogP contribution in [0.5, 0.6) is 0 Å². The third kappa shape index (κ3) is 50.3. The van der Waals surface area contributed by atoms with Crippen molar-refractivity contribution in [3.8, 4) is 0 Å². The van der Waals surface area contributed by atoms with Crippen LogP contribution in [-0.2, 0) is 14.3 Å². The Bertz CT molecular complexity index is 1450. The fraction of sp³-hybridized carbons (Fsp3) is 0.933. The van der Waals surface area contributed by atoms with Gasteiger partial charge in [0.1, 0.15) is 36.6 Å². The van der Waals surface area contributed by atoms with E-state index in [9.17, 15) is 40.5 Å². The summed E-state index contributed by atoms with van der Waals surface area (Å²) in [6, 6.07) is -1.18. The summed E-state index contributed by atoms with van der Waals surface area (Å²) >= 11 is 0. The molecule has 1 rings (SSSR count). The Labute approximate surface area is 531 Å². The lowest BCUT2D eigenvalue weighted by atomic mass is 9.98. The molecule has 0 saturated carbocycles. The zero-order valence-corrected chi connectivity index (χ0v) is 56.6. The molecule has 11 heteroatoms. The second-order valence-corrected chi connectivity index (χ2v) is 26.7. The van der Waals surface area contributed by atoms with Crippen LogP contribution in [0.1, 0.15) is 380 Å². The Balaban J connectivity index is 2.15. The van der Waals surface area contributed by atoms with Crippen molar-refractivity contribution < 1.29 is 50.0 Å². The Morgan fingerprint density at radius 2 is 0.686 bits per heavy atom. The maximum Gasteiger partial charge on any atom is 0.249 e. The molecule has 9 unspecified atom stereocenters. The molecule has 0 aromatic rings. The smallest absolute Gasteiger partial charge is 0.249 e. The molecule has 1 aliphatic heterocycles. The van der Waals surface area contributed by atoms with Crippen LogP contribution in [-0.4, -0.2) is 110 Å². The molecule has 0 aliphatic carbocycles. The maximum absolute atomic E-state index is 13.3. The van der Waals surface area contributed by atoms with Gasteiger partial charge in [0.05, 0.1) is 25.4 Å². The number of hydrogen-bond donors (Lipinski definition) is 8. The van der Waals surface area contributed by atoms with Gasteiger partial charge in [-0.2, -0.15) is 0 Å². The van der Waals surface area contributed by atoms with Gasteiger partial charge >= 0.3 is 0 Å². The highest BCUT2D eigenvalue weighted by Gasteiger charge is 2.44. The highest BCUT2D eigenvalue weighted by atomic mass is 16.7. The number of carbonyl (C=O) groups excluding carboxylic acids is 1. The van der Waals surface area contributed by atoms with E-state index in [1.165, 1.54) is 302 Å². The van der Waals surface area contributed by atoms with E-state index in [0.29, 0.717) is 12.8 Å². The molecule has 1 aliphatic rings. The number of hydrogen-bond acceptors (Lipinski definition) is 10. The van der Waals surface area contributed by atoms with E-state index in [2.05, 4.69) is 43.5 Å². The second-order valence-electron chi connectivity index (χ2n) is 26.7. The average molecular weight is 1220 g/mol. The molecule has 0 spiro atoms. The summed E-state index contributed by atoms with van der Waals surface area (Å²) in [5, 5.41) is 76.6. The summed E-state index contributed by atoms with van der Waals surface area (Å²) in [6.45, 7) is 3.51. The molecule has 1 amide bonds. The molecule has 0 aromatic heterocycles. The number of nitrogens with one attached hydrogen (secondary N) is 1. The van der Waals surface area contributed by atoms with Crippen molar-refractivity contribution in [2.24, 2.45) is 0 Å². The standard InChI is InChI=1S/C75H145NO10/c1-3-5-7-9-11-13-15-17-19-21-23-25-27-28-29-30-31-32-33-34-35-36-37-38-39-41-43-45-47-49-51-53-55-57-59-61-63-68(79)74(84)76-66(65-85-75-73(83)72(82)71(81)69(64-77)86-75)70(80)67(78)62-60-58-56-54-52-50-48-46-44-42-40-26-24-22-20-18-16-14-12-10-8-6-4-2/h32-33,54,56,66-73,75,77-83H,3-31,34-53,55,57-65H2,1-2H3,(H,76,84)/b33-32-,56-54+. The van der Waals surface area contributed by atoms with Crippen molar-refractivity contribution in [2.75, 3.05) is 13.2 Å². The van der Waals surface area contributed by atoms with Crippen molar-refractivity contribution in [1.82, 2.24) is 5.32 Å². The minimum absolute atomic E-state index is 0.258. The Morgan fingerprint density at radius 1 is 0.395 bits per heavy atom. The fourth-order valence-electron chi connectivity index (χ4n) is 12.4. The number of ether oxygens (including phenoxy) is 2. The predicted molar refractivity (Wildman–Crippen MR) is 362 cm³/mol. The van der Waals surface area contributed by atoms with Crippen LogP contribution in [0.3, 0.4) is 0 Å². The van der Waals surface area contributed by atoms with E-state index in [1.54, 1.807) is 0 Å². The Kier molecular flexibility index (Phi) is 61.2. The zero-order chi connectivity index (χ0) is 62.4. The van der Waals surface area contributed by atoms with Crippen LogP contribution in [0, 0.1) is 0 Å². The van der Waals surface area contributed by atoms with E-state index in [0.717, 1.165) is 38.5 Å². The molecule has 8 N–H and O–H groups in total. The van der Waals surface area contributed by atoms with E-state index in [1.807, 2.05) is 0 Å². The minimum Gasteiger partial charge on any atom is -0.394 e. The molecule has 1 fully saturated rings. The summed E-state index contributed by atoms with van der Waals surface area (Å²) in [5.74, 6) is -0.699. The number of aliphatic hydroxyl groups is 7. The topological polar surface area (TPSA) is 189 Å². The lowest BCUT2D eigenvalue weighted by molar-refractivity contribution is -0.303. The molecule has 0 aromatic carbocycles. The predicted octanol–water partition coefficient (Wildman–Crippen LogP) is 18.8. The maximum atomic E-state index is 13.3. The number of allylic oxidation sites excluding steroid dienone is 4. The third-order valence-corrected chi connectivity index (χ3v) is 18.5. The molecule has 0 bridgehead atoms. The van der Waals surface area contributed by atoms with E-state index in [-0.39, 0.29) is 12.8 Å². The van der Waals surface area contributed by atoms with Crippen molar-refractivity contribution in [2.45, 2.75) is 435 Å². The fourth-order valence-corrected chi connectivity index (χ4v) is 12.4. The monoisotopic (exact) mass is 1220 g/mol. The van der Waals surface area contributed by atoms with Gasteiger partial charge in [-0.3, -0.25) is 4.79 Å². The molecular weight excluding hydrogens is 1070 g/mol. The Morgan fingerprint density at radius 3 is 1.00 bits per heavy atom. The first-order valence-electron chi connectivity index (χ1n) is 37.7. The first-order chi connectivity index (χ1) is 42.2. The van der Waals surface area contributed by atoms with Crippen LogP contribution < -0.4 is 5.32 Å². The molecule has 11 nitrogen and oxygen atoms in total. The number of amides is 1. The summed E-state index contributed by atoms with van der Waals surface area (Å²) in [5.41, 5.74) is 0. The first-order valence-corrected chi connectivity index (χ1v) is 37.7. The van der Waals surface area contributed by atoms with Gasteiger partial charge in [0.2, 0.25) is 5.91 Å². The largest absolute Gasteiger partial charge is 0.394 e. The Hall–Kier alpha value is -1.41. The van der Waals surface area contributed by atoms with Gasteiger partial charge in [0.15, 0.2) is 6.29 Å². The first kappa shape index (κ1) is 82.6. The van der Waals surface area contributed by atoms with Crippen molar-refractivity contribution in [3.63, 3.8) is 0 Å². The summed E-state index contributed by atoms with van der Waals surface area (Å²) in [6.07, 6.45) is 70.0. The van der Waals surface area contributed by atoms with E-state index >= 15 is 0 Å². The zero-order valence-electron chi connectivity index (χ0n) is 56.6. The van der Waals surface area contributed by atoms with Gasteiger partial charge in [-0.05, 0) is 64.2 Å². The second kappa shape index (κ2) is 63.7. The van der Waals surface area contributed by atoms with Gasteiger partial charge < -0.3 is 50.5 Å².